The Bertz CT molecular complexity index is 1850. The number of nitrogens with one attached hydrogen (secondary N) is 2. The van der Waals surface area contributed by atoms with E-state index in [0.717, 1.165) is 12.6 Å². The predicted octanol–water partition coefficient (Wildman–Crippen LogP) is 8.14. The quantitative estimate of drug-likeness (QED) is 0.0745. The van der Waals surface area contributed by atoms with Gasteiger partial charge in [-0.2, -0.15) is 0 Å². The fourth-order valence-electron chi connectivity index (χ4n) is 4.86. The summed E-state index contributed by atoms with van der Waals surface area (Å²) < 4.78 is 69.7. The zero-order valence-corrected chi connectivity index (χ0v) is 32.5. The first-order valence-corrected chi connectivity index (χ1v) is 19.0. The van der Waals surface area contributed by atoms with Crippen LogP contribution in [0.1, 0.15) is 59.8 Å². The molecule has 4 rings (SSSR count). The summed E-state index contributed by atoms with van der Waals surface area (Å²) in [6.45, 7) is 15.4. The van der Waals surface area contributed by atoms with Crippen LogP contribution in [0.15, 0.2) is 42.9 Å². The minimum atomic E-state index is -3.79. The third kappa shape index (κ3) is 12.4. The van der Waals surface area contributed by atoms with Crippen LogP contribution in [-0.2, 0) is 29.4 Å². The number of carbonyl (C=O) groups excluding carboxylic acids is 1. The van der Waals surface area contributed by atoms with Crippen molar-refractivity contribution in [2.75, 3.05) is 50.6 Å². The van der Waals surface area contributed by atoms with E-state index >= 15 is 0 Å². The first-order valence-electron chi connectivity index (χ1n) is 16.8. The van der Waals surface area contributed by atoms with Crippen LogP contribution in [-0.4, -0.2) is 76.9 Å². The first-order chi connectivity index (χ1) is 24.5. The molecule has 0 atom stereocenters. The number of anilines is 3. The van der Waals surface area contributed by atoms with Gasteiger partial charge in [0.25, 0.3) is 0 Å². The van der Waals surface area contributed by atoms with Crippen molar-refractivity contribution in [2.24, 2.45) is 0 Å². The van der Waals surface area contributed by atoms with Crippen LogP contribution in [0.4, 0.5) is 25.4 Å². The highest BCUT2D eigenvalue weighted by Gasteiger charge is 2.37. The van der Waals surface area contributed by atoms with Crippen molar-refractivity contribution in [1.29, 1.82) is 0 Å². The Morgan fingerprint density at radius 2 is 1.71 bits per heavy atom. The van der Waals surface area contributed by atoms with Crippen LogP contribution >= 0.6 is 19.2 Å². The summed E-state index contributed by atoms with van der Waals surface area (Å²) in [6.07, 6.45) is 3.55. The minimum absolute atomic E-state index is 0.0843. The Hall–Kier alpha value is -3.79. The third-order valence-electron chi connectivity index (χ3n) is 7.01. The Labute approximate surface area is 307 Å². The molecule has 2 aromatic carbocycles. The number of benzene rings is 2. The van der Waals surface area contributed by atoms with Crippen molar-refractivity contribution in [3.8, 4) is 11.5 Å². The average molecular weight is 765 g/mol. The number of amides is 1. The van der Waals surface area contributed by atoms with Gasteiger partial charge in [0.15, 0.2) is 28.3 Å². The number of thiazole rings is 1. The van der Waals surface area contributed by atoms with Gasteiger partial charge in [0, 0.05) is 35.6 Å². The number of nitrogens with zero attached hydrogens (tertiary/aromatic N) is 4. The fraction of sp³-hybridized carbons (Fsp3) is 0.486. The summed E-state index contributed by atoms with van der Waals surface area (Å²) in [5.74, 6) is -1.21. The van der Waals surface area contributed by atoms with E-state index in [9.17, 15) is 18.1 Å². The van der Waals surface area contributed by atoms with Crippen molar-refractivity contribution < 1.29 is 41.2 Å². The van der Waals surface area contributed by atoms with Gasteiger partial charge >= 0.3 is 7.82 Å². The molecule has 0 bridgehead atoms. The molecule has 17 heteroatoms. The number of phosphoric ester groups is 1. The highest BCUT2D eigenvalue weighted by molar-refractivity contribution is 7.48. The molecule has 284 valence electrons. The summed E-state index contributed by atoms with van der Waals surface area (Å²) in [7, 11) is -2.24. The number of phosphoric acid groups is 1. The zero-order valence-electron chi connectivity index (χ0n) is 30.7. The van der Waals surface area contributed by atoms with Gasteiger partial charge in [0.05, 0.1) is 49.2 Å². The smallest absolute Gasteiger partial charge is 0.475 e. The highest BCUT2D eigenvalue weighted by Crippen LogP contribution is 2.55. The largest absolute Gasteiger partial charge is 0.493 e. The van der Waals surface area contributed by atoms with Gasteiger partial charge in [0.2, 0.25) is 5.91 Å². The van der Waals surface area contributed by atoms with E-state index in [1.165, 1.54) is 36.0 Å². The molecule has 0 radical (unpaired) electrons. The van der Waals surface area contributed by atoms with Crippen LogP contribution in [0.2, 0.25) is 0 Å². The Kier molecular flexibility index (Phi) is 14.0. The molecular weight excluding hydrogens is 717 g/mol. The molecule has 0 aliphatic carbocycles. The predicted molar refractivity (Wildman–Crippen MR) is 198 cm³/mol. The molecule has 52 heavy (non-hydrogen) atoms. The number of methoxy groups -OCH3 is 1. The number of carbonyl (C=O) groups is 1. The van der Waals surface area contributed by atoms with Crippen LogP contribution in [0.25, 0.3) is 10.9 Å². The molecule has 2 aromatic heterocycles. The van der Waals surface area contributed by atoms with Crippen molar-refractivity contribution in [2.45, 2.75) is 72.5 Å². The van der Waals surface area contributed by atoms with Gasteiger partial charge < -0.3 is 25.0 Å². The molecule has 0 saturated carbocycles. The van der Waals surface area contributed by atoms with Gasteiger partial charge in [-0.25, -0.2) is 28.3 Å². The normalized spacial score (nSPS) is 12.4. The standard InChI is InChI=1S/C35H47F2N6O7PS/c1-9-43(15-17-48-51(45,49-34(2,3)4)50-35(5,6)7)14-11-16-47-29-20-27-24(19-28(29)46-8)32(40-22-39-27)42-33-38-21-23(52-33)18-30(44)41-26-13-10-12-25(36)31(26)37/h10,12-13,19-22H,9,11,14-18H2,1-8H3,(H,41,44)(H,38,39,40,42). The second-order valence-corrected chi connectivity index (χ2v) is 16.3. The van der Waals surface area contributed by atoms with Crippen molar-refractivity contribution >= 4 is 52.6 Å². The van der Waals surface area contributed by atoms with Crippen LogP contribution < -0.4 is 20.1 Å². The number of fused-ring (bicyclic) bond motifs is 1. The van der Waals surface area contributed by atoms with Crippen molar-refractivity contribution in [3.05, 3.63) is 59.4 Å². The maximum Gasteiger partial charge on any atom is 0.475 e. The molecule has 0 aliphatic heterocycles. The van der Waals surface area contributed by atoms with Crippen LogP contribution in [0, 0.1) is 11.6 Å². The summed E-state index contributed by atoms with van der Waals surface area (Å²) >= 11 is 1.22. The topological polar surface area (TPSA) is 146 Å². The van der Waals surface area contributed by atoms with Gasteiger partial charge in [-0.1, -0.05) is 13.0 Å². The van der Waals surface area contributed by atoms with Gasteiger partial charge in [-0.05, 0) is 72.7 Å². The zero-order chi connectivity index (χ0) is 38.1. The lowest BCUT2D eigenvalue weighted by Crippen LogP contribution is -2.30. The lowest BCUT2D eigenvalue weighted by molar-refractivity contribution is -0.115. The third-order valence-corrected chi connectivity index (χ3v) is 9.97. The number of likely N-dealkylation sites (N-methyl/N-ethyl adjacent to an activating group) is 1. The number of hydrogen-bond donors (Lipinski definition) is 2. The molecule has 0 saturated heterocycles. The summed E-state index contributed by atoms with van der Waals surface area (Å²) in [5.41, 5.74) is -1.04. The number of rotatable bonds is 18. The lowest BCUT2D eigenvalue weighted by atomic mass is 10.2. The van der Waals surface area contributed by atoms with Gasteiger partial charge in [-0.3, -0.25) is 18.4 Å². The van der Waals surface area contributed by atoms with E-state index in [1.807, 2.05) is 6.92 Å². The van der Waals surface area contributed by atoms with E-state index < -0.39 is 36.6 Å². The Balaban J connectivity index is 1.32. The summed E-state index contributed by atoms with van der Waals surface area (Å²) in [6, 6.07) is 7.13. The number of ether oxygens (including phenoxy) is 2. The Morgan fingerprint density at radius 3 is 2.38 bits per heavy atom. The maximum atomic E-state index is 14.0. The van der Waals surface area contributed by atoms with Crippen LogP contribution in [0.3, 0.4) is 0 Å². The lowest BCUT2D eigenvalue weighted by Gasteiger charge is -2.31. The van der Waals surface area contributed by atoms with E-state index in [4.69, 9.17) is 23.0 Å². The SMILES string of the molecule is CCN(CCCOc1cc2ncnc(Nc3ncc(CC(=O)Nc4cccc(F)c4F)s3)c2cc1OC)CCOP(=O)(OC(C)(C)C)OC(C)(C)C. The Morgan fingerprint density at radius 1 is 0.981 bits per heavy atom. The summed E-state index contributed by atoms with van der Waals surface area (Å²) in [5, 5.41) is 6.68. The number of hydrogen-bond acceptors (Lipinski definition) is 13. The summed E-state index contributed by atoms with van der Waals surface area (Å²) in [4.78, 5) is 28.3. The molecule has 13 nitrogen and oxygen atoms in total. The molecule has 0 fully saturated rings. The molecule has 0 unspecified atom stereocenters. The van der Waals surface area contributed by atoms with Crippen molar-refractivity contribution in [3.63, 3.8) is 0 Å². The fourth-order valence-corrected chi connectivity index (χ4v) is 7.46. The van der Waals surface area contributed by atoms with E-state index in [-0.39, 0.29) is 18.7 Å². The van der Waals surface area contributed by atoms with E-state index in [1.54, 1.807) is 60.8 Å². The number of halogens is 2. The maximum absolute atomic E-state index is 14.0. The molecule has 4 aromatic rings. The second kappa shape index (κ2) is 17.8. The van der Waals surface area contributed by atoms with Crippen LogP contribution in [0.5, 0.6) is 11.5 Å². The van der Waals surface area contributed by atoms with E-state index in [0.29, 0.717) is 64.3 Å². The molecule has 0 aliphatic rings. The van der Waals surface area contributed by atoms with Gasteiger partial charge in [0.1, 0.15) is 12.1 Å². The van der Waals surface area contributed by atoms with Gasteiger partial charge in [-0.15, -0.1) is 11.3 Å². The van der Waals surface area contributed by atoms with E-state index in [2.05, 4.69) is 30.5 Å². The molecule has 2 N–H and O–H groups in total. The first kappa shape index (κ1) is 41.0. The number of aromatic nitrogens is 3. The minimum Gasteiger partial charge on any atom is -0.493 e. The van der Waals surface area contributed by atoms with Crippen molar-refractivity contribution in [1.82, 2.24) is 19.9 Å². The molecular formula is C35H47F2N6O7PS. The monoisotopic (exact) mass is 764 g/mol. The average Bonchev–Trinajstić information content (AvgIpc) is 3.48. The molecule has 1 amide bonds. The molecule has 2 heterocycles. The highest BCUT2D eigenvalue weighted by atomic mass is 32.1. The second-order valence-electron chi connectivity index (χ2n) is 13.6. The molecule has 0 spiro atoms.